The maximum atomic E-state index is 13.0. The normalized spacial score (nSPS) is 23.2. The molecule has 126 valence electrons. The molecule has 1 amide bonds. The minimum absolute atomic E-state index is 0.0791. The van der Waals surface area contributed by atoms with E-state index in [9.17, 15) is 10.1 Å². The molecule has 2 heterocycles. The summed E-state index contributed by atoms with van der Waals surface area (Å²) in [5, 5.41) is 18.0. The number of hydrogen-bond acceptors (Lipinski definition) is 5. The molecule has 6 heteroatoms. The van der Waals surface area contributed by atoms with Crippen molar-refractivity contribution in [1.29, 1.82) is 5.26 Å². The second-order valence-electron chi connectivity index (χ2n) is 6.84. The second-order valence-corrected chi connectivity index (χ2v) is 7.65. The van der Waals surface area contributed by atoms with Crippen LogP contribution in [-0.2, 0) is 11.2 Å². The summed E-state index contributed by atoms with van der Waals surface area (Å²) in [5.41, 5.74) is 6.05. The number of aryl methyl sites for hydroxylation is 1. The van der Waals surface area contributed by atoms with Crippen LogP contribution in [0.25, 0.3) is 0 Å². The fraction of sp³-hybridized carbons (Fsp3) is 0.200. The van der Waals surface area contributed by atoms with Gasteiger partial charge in [-0.05, 0) is 35.7 Å². The van der Waals surface area contributed by atoms with Crippen molar-refractivity contribution < 1.29 is 4.79 Å². The Bertz CT molecular complexity index is 1090. The van der Waals surface area contributed by atoms with E-state index in [1.54, 1.807) is 10.4 Å². The summed E-state index contributed by atoms with van der Waals surface area (Å²) in [6, 6.07) is 16.2. The molecule has 0 radical (unpaired) electrons. The van der Waals surface area contributed by atoms with E-state index in [1.807, 2.05) is 24.3 Å². The van der Waals surface area contributed by atoms with E-state index >= 15 is 0 Å². The molecule has 1 aromatic heterocycles. The van der Waals surface area contributed by atoms with Crippen LogP contribution >= 0.6 is 11.3 Å². The van der Waals surface area contributed by atoms with E-state index in [1.165, 1.54) is 11.3 Å². The van der Waals surface area contributed by atoms with Crippen molar-refractivity contribution in [2.45, 2.75) is 24.8 Å². The lowest BCUT2D eigenvalue weighted by Gasteiger charge is -2.19. The highest BCUT2D eigenvalue weighted by Gasteiger charge is 2.71. The fourth-order valence-corrected chi connectivity index (χ4v) is 4.89. The molecular weight excluding hydrogens is 344 g/mol. The molecule has 1 aliphatic heterocycles. The van der Waals surface area contributed by atoms with Gasteiger partial charge in [0.25, 0.3) is 5.91 Å². The second kappa shape index (κ2) is 5.23. The van der Waals surface area contributed by atoms with Gasteiger partial charge in [0.05, 0.1) is 11.6 Å². The number of fused-ring (bicyclic) bond motifs is 1. The van der Waals surface area contributed by atoms with Gasteiger partial charge in [0.15, 0.2) is 0 Å². The van der Waals surface area contributed by atoms with Gasteiger partial charge in [0, 0.05) is 12.3 Å². The number of amides is 1. The lowest BCUT2D eigenvalue weighted by atomic mass is 9.84. The molecule has 1 aliphatic carbocycles. The fourth-order valence-electron chi connectivity index (χ4n) is 4.25. The first-order valence-corrected chi connectivity index (χ1v) is 9.23. The molecule has 0 unspecified atom stereocenters. The van der Waals surface area contributed by atoms with E-state index in [-0.39, 0.29) is 11.8 Å². The number of anilines is 1. The number of benzene rings is 2. The SMILES string of the molecule is Cc1cccc([C@H]2c3cc(C#N)ccc3C[C@@]23C(=O)N3c2nncs2)c1. The highest BCUT2D eigenvalue weighted by Crippen LogP contribution is 2.58. The van der Waals surface area contributed by atoms with Crippen molar-refractivity contribution in [3.63, 3.8) is 0 Å². The van der Waals surface area contributed by atoms with Gasteiger partial charge in [-0.1, -0.05) is 47.2 Å². The molecule has 2 aliphatic rings. The number of nitriles is 1. The Morgan fingerprint density at radius 2 is 2.19 bits per heavy atom. The van der Waals surface area contributed by atoms with Crippen molar-refractivity contribution in [3.05, 3.63) is 75.8 Å². The maximum Gasteiger partial charge on any atom is 0.257 e. The summed E-state index contributed by atoms with van der Waals surface area (Å²) in [4.78, 5) is 14.8. The van der Waals surface area contributed by atoms with Crippen molar-refractivity contribution >= 4 is 22.4 Å². The van der Waals surface area contributed by atoms with Crippen LogP contribution < -0.4 is 4.90 Å². The predicted octanol–water partition coefficient (Wildman–Crippen LogP) is 3.19. The summed E-state index contributed by atoms with van der Waals surface area (Å²) in [6.07, 6.45) is 0.630. The Hall–Kier alpha value is -3.04. The van der Waals surface area contributed by atoms with Gasteiger partial charge < -0.3 is 0 Å². The van der Waals surface area contributed by atoms with E-state index in [2.05, 4.69) is 41.4 Å². The average molecular weight is 358 g/mol. The highest BCUT2D eigenvalue weighted by molar-refractivity contribution is 7.13. The molecule has 1 fully saturated rings. The predicted molar refractivity (Wildman–Crippen MR) is 98.0 cm³/mol. The number of hydrogen-bond donors (Lipinski definition) is 0. The summed E-state index contributed by atoms with van der Waals surface area (Å²) < 4.78 is 0. The summed E-state index contributed by atoms with van der Waals surface area (Å²) in [6.45, 7) is 2.05. The number of carbonyl (C=O) groups excluding carboxylic acids is 1. The van der Waals surface area contributed by atoms with Gasteiger partial charge in [-0.2, -0.15) is 5.26 Å². The van der Waals surface area contributed by atoms with Gasteiger partial charge in [-0.15, -0.1) is 10.2 Å². The molecule has 5 nitrogen and oxygen atoms in total. The van der Waals surface area contributed by atoms with E-state index in [0.717, 1.165) is 22.3 Å². The molecule has 1 saturated heterocycles. The van der Waals surface area contributed by atoms with Crippen molar-refractivity contribution in [2.24, 2.45) is 0 Å². The highest BCUT2D eigenvalue weighted by atomic mass is 32.1. The Labute approximate surface area is 154 Å². The molecule has 2 atom stereocenters. The van der Waals surface area contributed by atoms with Crippen molar-refractivity contribution in [2.75, 3.05) is 4.90 Å². The maximum absolute atomic E-state index is 13.0. The summed E-state index contributed by atoms with van der Waals surface area (Å²) in [7, 11) is 0. The molecule has 0 saturated carbocycles. The lowest BCUT2D eigenvalue weighted by Crippen LogP contribution is -2.25. The Morgan fingerprint density at radius 1 is 1.31 bits per heavy atom. The minimum atomic E-state index is -0.649. The third-order valence-corrected chi connectivity index (χ3v) is 6.04. The van der Waals surface area contributed by atoms with E-state index in [4.69, 9.17) is 0 Å². The first-order chi connectivity index (χ1) is 12.6. The van der Waals surface area contributed by atoms with Crippen LogP contribution in [0.4, 0.5) is 5.13 Å². The smallest absolute Gasteiger partial charge is 0.257 e. The quantitative estimate of drug-likeness (QED) is 0.660. The van der Waals surface area contributed by atoms with Crippen LogP contribution in [0, 0.1) is 18.3 Å². The monoisotopic (exact) mass is 358 g/mol. The zero-order valence-electron chi connectivity index (χ0n) is 14.0. The largest absolute Gasteiger partial charge is 0.272 e. The van der Waals surface area contributed by atoms with Gasteiger partial charge in [-0.3, -0.25) is 9.69 Å². The Balaban J connectivity index is 1.71. The van der Waals surface area contributed by atoms with Gasteiger partial charge >= 0.3 is 0 Å². The molecule has 3 aromatic rings. The van der Waals surface area contributed by atoms with Gasteiger partial charge in [-0.25, -0.2) is 0 Å². The van der Waals surface area contributed by atoms with Crippen LogP contribution in [0.15, 0.2) is 48.0 Å². The Morgan fingerprint density at radius 3 is 2.92 bits per heavy atom. The van der Waals surface area contributed by atoms with Crippen molar-refractivity contribution in [3.8, 4) is 6.07 Å². The molecule has 0 N–H and O–H groups in total. The number of rotatable bonds is 2. The number of carbonyl (C=O) groups is 1. The average Bonchev–Trinajstić information content (AvgIpc) is 3.04. The molecule has 5 rings (SSSR count). The lowest BCUT2D eigenvalue weighted by molar-refractivity contribution is -0.111. The van der Waals surface area contributed by atoms with Gasteiger partial charge in [0.1, 0.15) is 11.0 Å². The van der Waals surface area contributed by atoms with Crippen molar-refractivity contribution in [1.82, 2.24) is 10.2 Å². The zero-order chi connectivity index (χ0) is 17.9. The van der Waals surface area contributed by atoms with E-state index in [0.29, 0.717) is 17.1 Å². The molecule has 26 heavy (non-hydrogen) atoms. The zero-order valence-corrected chi connectivity index (χ0v) is 14.8. The minimum Gasteiger partial charge on any atom is -0.272 e. The molecule has 0 bridgehead atoms. The molecular formula is C20H14N4OS. The van der Waals surface area contributed by atoms with Gasteiger partial charge in [0.2, 0.25) is 5.13 Å². The molecule has 2 aromatic carbocycles. The standard InChI is InChI=1S/C20H14N4OS/c1-12-3-2-4-14(7-12)17-16-8-13(10-21)5-6-15(16)9-20(17)18(25)24(20)19-23-22-11-26-19/h2-8,11,17H,9H2,1H3/t17-,20-,24?/m0/s1. The topological polar surface area (TPSA) is 69.7 Å². The number of nitrogens with zero attached hydrogens (tertiary/aromatic N) is 4. The van der Waals surface area contributed by atoms with E-state index < -0.39 is 5.54 Å². The molecule has 1 spiro atoms. The van der Waals surface area contributed by atoms with Crippen LogP contribution in [0.2, 0.25) is 0 Å². The van der Waals surface area contributed by atoms with Crippen LogP contribution in [0.1, 0.15) is 33.7 Å². The third-order valence-electron chi connectivity index (χ3n) is 5.36. The van der Waals surface area contributed by atoms with Crippen LogP contribution in [0.5, 0.6) is 0 Å². The van der Waals surface area contributed by atoms with Crippen LogP contribution in [0.3, 0.4) is 0 Å². The summed E-state index contributed by atoms with van der Waals surface area (Å²) >= 11 is 1.38. The number of aromatic nitrogens is 2. The van der Waals surface area contributed by atoms with Crippen LogP contribution in [-0.4, -0.2) is 21.6 Å². The summed E-state index contributed by atoms with van der Waals surface area (Å²) in [5.74, 6) is -0.0300. The first-order valence-electron chi connectivity index (χ1n) is 8.35. The Kier molecular flexibility index (Phi) is 3.06. The first kappa shape index (κ1) is 15.2. The third kappa shape index (κ3) is 1.92.